The predicted molar refractivity (Wildman–Crippen MR) is 106 cm³/mol. The first-order valence-electron chi connectivity index (χ1n) is 8.48. The molecule has 0 aliphatic carbocycles. The van der Waals surface area contributed by atoms with Crippen molar-refractivity contribution in [3.05, 3.63) is 71.5 Å². The fourth-order valence-corrected chi connectivity index (χ4v) is 4.54. The van der Waals surface area contributed by atoms with Crippen LogP contribution in [-0.4, -0.2) is 23.9 Å². The molecule has 0 radical (unpaired) electrons. The van der Waals surface area contributed by atoms with Crippen LogP contribution < -0.4 is 5.32 Å². The average molecular weight is 452 g/mol. The fourth-order valence-electron chi connectivity index (χ4n) is 3.56. The van der Waals surface area contributed by atoms with Crippen LogP contribution in [0.5, 0.6) is 0 Å². The smallest absolute Gasteiger partial charge is 0.217 e. The number of rotatable bonds is 4. The highest BCUT2D eigenvalue weighted by Gasteiger charge is 2.38. The zero-order valence-corrected chi connectivity index (χ0v) is 16.4. The lowest BCUT2D eigenvalue weighted by Crippen LogP contribution is -2.52. The lowest BCUT2D eigenvalue weighted by molar-refractivity contribution is -0.121. The molecule has 0 spiro atoms. The number of piperidine rings is 1. The van der Waals surface area contributed by atoms with Crippen molar-refractivity contribution in [3.8, 4) is 0 Å². The van der Waals surface area contributed by atoms with Gasteiger partial charge in [-0.2, -0.15) is 0 Å². The molecule has 1 saturated heterocycles. The van der Waals surface area contributed by atoms with E-state index in [1.165, 1.54) is 18.6 Å². The highest BCUT2D eigenvalue weighted by molar-refractivity contribution is 14.1. The summed E-state index contributed by atoms with van der Waals surface area (Å²) >= 11 is 2.46. The standard InChI is InChI=1S/C20H22FIN2O/c1-15(25)23-20(17-8-5-9-18(21)14-17)10-12-24(13-11-20)19(22)16-6-3-2-4-7-16/h2-9,14,19H,10-13H2,1H3,(H,23,25). The Hall–Kier alpha value is -1.47. The highest BCUT2D eigenvalue weighted by Crippen LogP contribution is 2.38. The first kappa shape index (κ1) is 18.3. The number of carbonyl (C=O) groups excluding carboxylic acids is 1. The van der Waals surface area contributed by atoms with Crippen LogP contribution in [-0.2, 0) is 10.3 Å². The molecule has 1 amide bonds. The summed E-state index contributed by atoms with van der Waals surface area (Å²) in [7, 11) is 0. The Morgan fingerprint density at radius 2 is 1.84 bits per heavy atom. The van der Waals surface area contributed by atoms with Gasteiger partial charge in [-0.15, -0.1) is 0 Å². The van der Waals surface area contributed by atoms with Crippen molar-refractivity contribution in [1.29, 1.82) is 0 Å². The Morgan fingerprint density at radius 1 is 1.16 bits per heavy atom. The molecule has 1 aliphatic rings. The molecule has 0 bridgehead atoms. The van der Waals surface area contributed by atoms with Crippen molar-refractivity contribution in [1.82, 2.24) is 10.2 Å². The Labute approximate surface area is 161 Å². The molecule has 3 nitrogen and oxygen atoms in total. The number of hydrogen-bond donors (Lipinski definition) is 1. The van der Waals surface area contributed by atoms with E-state index in [-0.39, 0.29) is 11.7 Å². The van der Waals surface area contributed by atoms with E-state index in [1.807, 2.05) is 12.1 Å². The zero-order valence-electron chi connectivity index (χ0n) is 14.2. The van der Waals surface area contributed by atoms with E-state index in [1.54, 1.807) is 12.1 Å². The summed E-state index contributed by atoms with van der Waals surface area (Å²) in [6.45, 7) is 3.22. The molecule has 1 fully saturated rings. The number of benzene rings is 2. The molecule has 2 aromatic rings. The van der Waals surface area contributed by atoms with Gasteiger partial charge in [0, 0.05) is 20.0 Å². The van der Waals surface area contributed by atoms with Gasteiger partial charge in [-0.05, 0) is 36.1 Å². The number of nitrogens with zero attached hydrogens (tertiary/aromatic N) is 1. The SMILES string of the molecule is CC(=O)NC1(c2cccc(F)c2)CCN(C(I)c2ccccc2)CC1. The molecule has 1 unspecified atom stereocenters. The van der Waals surface area contributed by atoms with Gasteiger partial charge in [0.25, 0.3) is 0 Å². The summed E-state index contributed by atoms with van der Waals surface area (Å²) in [5, 5.41) is 3.10. The number of halogens is 2. The van der Waals surface area contributed by atoms with Crippen molar-refractivity contribution >= 4 is 28.5 Å². The molecular formula is C20H22FIN2O. The third kappa shape index (κ3) is 4.20. The molecule has 5 heteroatoms. The van der Waals surface area contributed by atoms with Gasteiger partial charge in [-0.25, -0.2) is 4.39 Å². The molecule has 1 heterocycles. The molecule has 2 aromatic carbocycles. The minimum atomic E-state index is -0.489. The molecular weight excluding hydrogens is 430 g/mol. The van der Waals surface area contributed by atoms with Gasteiger partial charge in [-0.1, -0.05) is 65.1 Å². The van der Waals surface area contributed by atoms with Crippen molar-refractivity contribution < 1.29 is 9.18 Å². The maximum absolute atomic E-state index is 13.7. The van der Waals surface area contributed by atoms with Gasteiger partial charge >= 0.3 is 0 Å². The largest absolute Gasteiger partial charge is 0.347 e. The lowest BCUT2D eigenvalue weighted by atomic mass is 9.80. The van der Waals surface area contributed by atoms with E-state index in [0.717, 1.165) is 31.5 Å². The number of hydrogen-bond acceptors (Lipinski definition) is 2. The van der Waals surface area contributed by atoms with Gasteiger partial charge in [0.2, 0.25) is 5.91 Å². The summed E-state index contributed by atoms with van der Waals surface area (Å²) < 4.78 is 14.0. The Bertz CT molecular complexity index is 729. The zero-order chi connectivity index (χ0) is 17.9. The lowest BCUT2D eigenvalue weighted by Gasteiger charge is -2.44. The van der Waals surface area contributed by atoms with E-state index in [2.05, 4.69) is 57.1 Å². The van der Waals surface area contributed by atoms with Crippen LogP contribution >= 0.6 is 22.6 Å². The normalized spacial score (nSPS) is 18.5. The Balaban J connectivity index is 1.79. The van der Waals surface area contributed by atoms with Gasteiger partial charge in [0.05, 0.1) is 9.59 Å². The first-order valence-corrected chi connectivity index (χ1v) is 9.73. The number of carbonyl (C=O) groups is 1. The van der Waals surface area contributed by atoms with Crippen molar-refractivity contribution in [2.45, 2.75) is 29.4 Å². The second-order valence-electron chi connectivity index (χ2n) is 6.56. The third-order valence-electron chi connectivity index (χ3n) is 4.84. The molecule has 25 heavy (non-hydrogen) atoms. The topological polar surface area (TPSA) is 32.3 Å². The van der Waals surface area contributed by atoms with Gasteiger partial charge in [0.1, 0.15) is 5.82 Å². The Morgan fingerprint density at radius 3 is 2.44 bits per heavy atom. The second kappa shape index (κ2) is 7.83. The first-order chi connectivity index (χ1) is 12.0. The number of nitrogens with one attached hydrogen (secondary N) is 1. The summed E-state index contributed by atoms with van der Waals surface area (Å²) in [5.41, 5.74) is 1.64. The van der Waals surface area contributed by atoms with E-state index < -0.39 is 5.54 Å². The summed E-state index contributed by atoms with van der Waals surface area (Å²) in [4.78, 5) is 14.2. The van der Waals surface area contributed by atoms with Crippen molar-refractivity contribution in [2.24, 2.45) is 0 Å². The van der Waals surface area contributed by atoms with Crippen LogP contribution in [0.2, 0.25) is 0 Å². The summed E-state index contributed by atoms with van der Waals surface area (Å²) in [6.07, 6.45) is 1.53. The third-order valence-corrected chi connectivity index (χ3v) is 6.35. The van der Waals surface area contributed by atoms with Crippen LogP contribution in [0, 0.1) is 5.82 Å². The predicted octanol–water partition coefficient (Wildman–Crippen LogP) is 4.39. The molecule has 132 valence electrons. The molecule has 1 aliphatic heterocycles. The molecule has 1 atom stereocenters. The minimum Gasteiger partial charge on any atom is -0.347 e. The maximum atomic E-state index is 13.7. The number of alkyl halides is 1. The van der Waals surface area contributed by atoms with E-state index >= 15 is 0 Å². The van der Waals surface area contributed by atoms with E-state index in [4.69, 9.17) is 0 Å². The van der Waals surface area contributed by atoms with Gasteiger partial charge in [0.15, 0.2) is 0 Å². The van der Waals surface area contributed by atoms with Crippen LogP contribution in [0.25, 0.3) is 0 Å². The number of amides is 1. The monoisotopic (exact) mass is 452 g/mol. The quantitative estimate of drug-likeness (QED) is 0.424. The van der Waals surface area contributed by atoms with Crippen LogP contribution in [0.4, 0.5) is 4.39 Å². The van der Waals surface area contributed by atoms with Crippen LogP contribution in [0.15, 0.2) is 54.6 Å². The minimum absolute atomic E-state index is 0.0770. The molecule has 0 aromatic heterocycles. The highest BCUT2D eigenvalue weighted by atomic mass is 127. The molecule has 0 saturated carbocycles. The molecule has 1 N–H and O–H groups in total. The summed E-state index contributed by atoms with van der Waals surface area (Å²) in [6, 6.07) is 17.0. The molecule has 3 rings (SSSR count). The number of likely N-dealkylation sites (tertiary alicyclic amines) is 1. The fraction of sp³-hybridized carbons (Fsp3) is 0.350. The van der Waals surface area contributed by atoms with Gasteiger partial charge in [-0.3, -0.25) is 9.69 Å². The van der Waals surface area contributed by atoms with E-state index in [9.17, 15) is 9.18 Å². The van der Waals surface area contributed by atoms with Gasteiger partial charge < -0.3 is 5.32 Å². The average Bonchev–Trinajstić information content (AvgIpc) is 2.62. The van der Waals surface area contributed by atoms with Crippen LogP contribution in [0.3, 0.4) is 0 Å². The van der Waals surface area contributed by atoms with Crippen LogP contribution in [0.1, 0.15) is 34.9 Å². The summed E-state index contributed by atoms with van der Waals surface area (Å²) in [5.74, 6) is -0.340. The van der Waals surface area contributed by atoms with E-state index in [0.29, 0.717) is 4.05 Å². The second-order valence-corrected chi connectivity index (χ2v) is 7.74. The maximum Gasteiger partial charge on any atom is 0.217 e. The Kier molecular flexibility index (Phi) is 5.74. The van der Waals surface area contributed by atoms with Crippen molar-refractivity contribution in [3.63, 3.8) is 0 Å². The van der Waals surface area contributed by atoms with Crippen molar-refractivity contribution in [2.75, 3.05) is 13.1 Å².